The molecule has 26 heavy (non-hydrogen) atoms. The summed E-state index contributed by atoms with van der Waals surface area (Å²) in [5.74, 6) is 0. The molecule has 0 saturated heterocycles. The maximum atomic E-state index is 10.5. The third kappa shape index (κ3) is 4.25. The van der Waals surface area contributed by atoms with Crippen molar-refractivity contribution in [1.29, 1.82) is 0 Å². The fourth-order valence-electron chi connectivity index (χ4n) is 3.41. The summed E-state index contributed by atoms with van der Waals surface area (Å²) in [5, 5.41) is 12.9. The first-order chi connectivity index (χ1) is 12.3. The van der Waals surface area contributed by atoms with Crippen LogP contribution in [0.1, 0.15) is 34.6 Å². The highest BCUT2D eigenvalue weighted by Crippen LogP contribution is 2.36. The van der Waals surface area contributed by atoms with E-state index in [0.29, 0.717) is 0 Å². The van der Waals surface area contributed by atoms with Crippen LogP contribution in [0.4, 0.5) is 0 Å². The second-order valence-corrected chi connectivity index (χ2v) is 11.9. The Labute approximate surface area is 159 Å². The molecule has 138 valence electrons. The zero-order valence-corrected chi connectivity index (χ0v) is 17.5. The summed E-state index contributed by atoms with van der Waals surface area (Å²) in [7, 11) is -2.59. The maximum Gasteiger partial charge on any atom is 0.261 e. The molecule has 0 amide bonds. The van der Waals surface area contributed by atoms with Gasteiger partial charge < -0.3 is 9.53 Å². The van der Waals surface area contributed by atoms with Crippen LogP contribution in [0, 0.1) is 0 Å². The lowest BCUT2D eigenvalue weighted by Crippen LogP contribution is -2.67. The van der Waals surface area contributed by atoms with Gasteiger partial charge in [-0.05, 0) is 40.9 Å². The fourth-order valence-corrected chi connectivity index (χ4v) is 7.98. The van der Waals surface area contributed by atoms with Gasteiger partial charge >= 0.3 is 0 Å². The smallest absolute Gasteiger partial charge is 0.261 e. The molecule has 1 unspecified atom stereocenters. The molecule has 1 N–H and O–H groups in total. The molecule has 0 spiro atoms. The monoisotopic (exact) mass is 366 g/mol. The molecule has 0 fully saturated rings. The van der Waals surface area contributed by atoms with Crippen LogP contribution in [0.5, 0.6) is 0 Å². The SMILES string of the molecule is CC=C=C(C)C(O)CO[Si](c1ccccc1)(c1ccccc1)C(C)(C)C. The molecule has 0 heterocycles. The van der Waals surface area contributed by atoms with Crippen molar-refractivity contribution in [2.75, 3.05) is 6.61 Å². The van der Waals surface area contributed by atoms with Crippen LogP contribution >= 0.6 is 0 Å². The van der Waals surface area contributed by atoms with E-state index in [1.165, 1.54) is 10.4 Å². The van der Waals surface area contributed by atoms with Crippen molar-refractivity contribution < 1.29 is 9.53 Å². The molecule has 1 atom stereocenters. The number of rotatable bonds is 6. The average Bonchev–Trinajstić information content (AvgIpc) is 2.63. The predicted molar refractivity (Wildman–Crippen MR) is 113 cm³/mol. The fraction of sp³-hybridized carbons (Fsp3) is 0.348. The van der Waals surface area contributed by atoms with Crippen LogP contribution in [-0.4, -0.2) is 26.1 Å². The van der Waals surface area contributed by atoms with Gasteiger partial charge in [0.15, 0.2) is 0 Å². The first-order valence-corrected chi connectivity index (χ1v) is 11.0. The van der Waals surface area contributed by atoms with Crippen molar-refractivity contribution in [1.82, 2.24) is 0 Å². The van der Waals surface area contributed by atoms with Gasteiger partial charge in [0.1, 0.15) is 6.10 Å². The first-order valence-electron chi connectivity index (χ1n) is 9.14. The minimum atomic E-state index is -2.59. The Balaban J connectivity index is 2.56. The molecular weight excluding hydrogens is 336 g/mol. The van der Waals surface area contributed by atoms with Gasteiger partial charge in [-0.1, -0.05) is 81.4 Å². The Morgan fingerprint density at radius 1 is 1.04 bits per heavy atom. The summed E-state index contributed by atoms with van der Waals surface area (Å²) < 4.78 is 6.71. The molecule has 0 aliphatic rings. The van der Waals surface area contributed by atoms with E-state index in [-0.39, 0.29) is 11.6 Å². The molecular formula is C23H30O2Si. The van der Waals surface area contributed by atoms with Crippen molar-refractivity contribution in [2.24, 2.45) is 0 Å². The topological polar surface area (TPSA) is 29.5 Å². The highest BCUT2D eigenvalue weighted by Gasteiger charge is 2.50. The number of benzene rings is 2. The van der Waals surface area contributed by atoms with Crippen molar-refractivity contribution in [3.63, 3.8) is 0 Å². The van der Waals surface area contributed by atoms with E-state index >= 15 is 0 Å². The van der Waals surface area contributed by atoms with E-state index < -0.39 is 14.4 Å². The number of aliphatic hydroxyl groups is 1. The van der Waals surface area contributed by atoms with Crippen molar-refractivity contribution in [3.05, 3.63) is 78.0 Å². The summed E-state index contributed by atoms with van der Waals surface area (Å²) in [6.07, 6.45) is 1.16. The third-order valence-electron chi connectivity index (χ3n) is 4.75. The molecule has 2 nitrogen and oxygen atoms in total. The van der Waals surface area contributed by atoms with Crippen molar-refractivity contribution in [3.8, 4) is 0 Å². The van der Waals surface area contributed by atoms with Gasteiger partial charge in [-0.3, -0.25) is 0 Å². The summed E-state index contributed by atoms with van der Waals surface area (Å²) in [6.45, 7) is 10.8. The first kappa shape index (κ1) is 20.4. The molecule has 0 aromatic heterocycles. The van der Waals surface area contributed by atoms with Crippen molar-refractivity contribution in [2.45, 2.75) is 45.8 Å². The van der Waals surface area contributed by atoms with Gasteiger partial charge in [0.2, 0.25) is 0 Å². The van der Waals surface area contributed by atoms with E-state index in [9.17, 15) is 5.11 Å². The molecule has 2 rings (SSSR count). The average molecular weight is 367 g/mol. The standard InChI is InChI=1S/C23H30O2Si/c1-6-13-19(2)22(24)18-25-26(23(3,4)5,20-14-9-7-10-15-20)21-16-11-8-12-17-21/h6-12,14-17,22,24H,18H2,1-5H3. The van der Waals surface area contributed by atoms with E-state index in [1.807, 2.05) is 32.1 Å². The van der Waals surface area contributed by atoms with Crippen LogP contribution in [0.2, 0.25) is 5.04 Å². The van der Waals surface area contributed by atoms with Gasteiger partial charge in [-0.25, -0.2) is 0 Å². The van der Waals surface area contributed by atoms with E-state index in [2.05, 4.69) is 75.0 Å². The Bertz CT molecular complexity index is 714. The molecule has 2 aromatic rings. The Morgan fingerprint density at radius 2 is 1.50 bits per heavy atom. The summed E-state index contributed by atoms with van der Waals surface area (Å²) >= 11 is 0. The molecule has 0 radical (unpaired) electrons. The maximum absolute atomic E-state index is 10.5. The quantitative estimate of drug-likeness (QED) is 0.617. The van der Waals surface area contributed by atoms with Gasteiger partial charge in [0.25, 0.3) is 8.32 Å². The lowest BCUT2D eigenvalue weighted by atomic mass is 10.2. The van der Waals surface area contributed by atoms with Crippen LogP contribution in [0.25, 0.3) is 0 Å². The van der Waals surface area contributed by atoms with Gasteiger partial charge in [-0.2, -0.15) is 0 Å². The highest BCUT2D eigenvalue weighted by molar-refractivity contribution is 6.99. The summed E-state index contributed by atoms with van der Waals surface area (Å²) in [4.78, 5) is 0. The minimum absolute atomic E-state index is 0.0896. The van der Waals surface area contributed by atoms with Gasteiger partial charge in [0.05, 0.1) is 6.61 Å². The van der Waals surface area contributed by atoms with Crippen LogP contribution in [0.3, 0.4) is 0 Å². The summed E-state index contributed by atoms with van der Waals surface area (Å²) in [6, 6.07) is 21.0. The van der Waals surface area contributed by atoms with Crippen LogP contribution in [0.15, 0.2) is 78.0 Å². The van der Waals surface area contributed by atoms with E-state index in [0.717, 1.165) is 5.57 Å². The zero-order valence-electron chi connectivity index (χ0n) is 16.5. The molecule has 0 aliphatic heterocycles. The lowest BCUT2D eigenvalue weighted by Gasteiger charge is -2.43. The second-order valence-electron chi connectivity index (χ2n) is 7.61. The molecule has 0 aliphatic carbocycles. The Morgan fingerprint density at radius 3 is 1.88 bits per heavy atom. The lowest BCUT2D eigenvalue weighted by molar-refractivity contribution is 0.130. The van der Waals surface area contributed by atoms with Crippen LogP contribution in [-0.2, 0) is 4.43 Å². The Kier molecular flexibility index (Phi) is 6.79. The molecule has 2 aromatic carbocycles. The number of hydrogen-bond acceptors (Lipinski definition) is 2. The van der Waals surface area contributed by atoms with E-state index in [4.69, 9.17) is 4.43 Å². The summed E-state index contributed by atoms with van der Waals surface area (Å²) in [5.41, 5.74) is 3.87. The third-order valence-corrected chi connectivity index (χ3v) is 9.75. The second kappa shape index (κ2) is 8.66. The number of hydrogen-bond donors (Lipinski definition) is 1. The van der Waals surface area contributed by atoms with Crippen molar-refractivity contribution >= 4 is 18.7 Å². The highest BCUT2D eigenvalue weighted by atomic mass is 28.4. The normalized spacial score (nSPS) is 13.0. The predicted octanol–water partition coefficient (Wildman–Crippen LogP) is 4.05. The molecule has 0 saturated carbocycles. The van der Waals surface area contributed by atoms with Gasteiger partial charge in [0, 0.05) is 0 Å². The number of aliphatic hydroxyl groups excluding tert-OH is 1. The van der Waals surface area contributed by atoms with Gasteiger partial charge in [-0.15, -0.1) is 5.73 Å². The van der Waals surface area contributed by atoms with Crippen LogP contribution < -0.4 is 10.4 Å². The zero-order chi connectivity index (χ0) is 19.2. The molecule has 3 heteroatoms. The minimum Gasteiger partial charge on any atom is -0.404 e. The largest absolute Gasteiger partial charge is 0.404 e. The van der Waals surface area contributed by atoms with E-state index in [1.54, 1.807) is 0 Å². The molecule has 0 bridgehead atoms. The Hall–Kier alpha value is -1.90.